The van der Waals surface area contributed by atoms with Crippen LogP contribution in [0.2, 0.25) is 0 Å². The van der Waals surface area contributed by atoms with Crippen molar-refractivity contribution in [2.75, 3.05) is 45.4 Å². The third kappa shape index (κ3) is 2.64. The molecule has 34 heavy (non-hydrogen) atoms. The minimum absolute atomic E-state index is 0.137. The molecule has 6 atom stereocenters. The fraction of sp³-hybridized carbons (Fsp3) is 0.731. The van der Waals surface area contributed by atoms with Gasteiger partial charge in [-0.15, -0.1) is 0 Å². The minimum atomic E-state index is -0.455. The minimum Gasteiger partial charge on any atom is -0.493 e. The summed E-state index contributed by atoms with van der Waals surface area (Å²) in [5.74, 6) is 1.86. The Kier molecular flexibility index (Phi) is 5.02. The Morgan fingerprint density at radius 1 is 1.26 bits per heavy atom. The average molecular weight is 473 g/mol. The molecule has 2 saturated heterocycles. The molecule has 6 rings (SSSR count). The summed E-state index contributed by atoms with van der Waals surface area (Å²) in [5, 5.41) is 11.8. The van der Waals surface area contributed by atoms with Crippen molar-refractivity contribution in [3.8, 4) is 17.2 Å². The number of aliphatic hydroxyl groups excluding tert-OH is 1. The highest BCUT2D eigenvalue weighted by Crippen LogP contribution is 2.69. The van der Waals surface area contributed by atoms with Gasteiger partial charge in [-0.05, 0) is 63.7 Å². The molecule has 8 heteroatoms. The fourth-order valence-electron chi connectivity index (χ4n) is 8.44. The van der Waals surface area contributed by atoms with Crippen LogP contribution in [0.5, 0.6) is 17.2 Å². The van der Waals surface area contributed by atoms with Crippen LogP contribution in [0.4, 0.5) is 5.69 Å². The highest BCUT2D eigenvalue weighted by molar-refractivity contribution is 5.81. The quantitative estimate of drug-likeness (QED) is 0.655. The number of piperidine rings is 1. The standard InChI is InChI=1S/C26H36N2O6/c1-15-14-34-23-21-17(12-18(31-3)22(23)32-4)26-7-10-27-9-5-6-25(24(26)27,8-11-33-16(2)29)20(30)13-19(26)28(15)21/h12,15,19-20,24,30H,5-11,13-14H2,1-4H3/t15-,19-,20-,24-,25+,26-/m1/s1. The molecule has 0 aromatic heterocycles. The summed E-state index contributed by atoms with van der Waals surface area (Å²) in [5.41, 5.74) is 1.95. The predicted molar refractivity (Wildman–Crippen MR) is 126 cm³/mol. The number of anilines is 1. The SMILES string of the molecule is COc1cc2c3c(c1OC)OC[C@@H](C)N3[C@@H]1C[C@@H](O)[C@@]3(CCOC(C)=O)CCCN4CC[C@@]21[C@H]43. The lowest BCUT2D eigenvalue weighted by Crippen LogP contribution is -2.70. The monoisotopic (exact) mass is 472 g/mol. The van der Waals surface area contributed by atoms with E-state index in [1.807, 2.05) is 0 Å². The number of methoxy groups -OCH3 is 2. The summed E-state index contributed by atoms with van der Waals surface area (Å²) >= 11 is 0. The van der Waals surface area contributed by atoms with Crippen LogP contribution in [0, 0.1) is 5.41 Å². The molecule has 0 radical (unpaired) electrons. The Morgan fingerprint density at radius 2 is 2.09 bits per heavy atom. The summed E-state index contributed by atoms with van der Waals surface area (Å²) < 4.78 is 23.3. The number of hydrogen-bond acceptors (Lipinski definition) is 8. The topological polar surface area (TPSA) is 80.7 Å². The first-order valence-corrected chi connectivity index (χ1v) is 12.6. The van der Waals surface area contributed by atoms with Crippen LogP contribution in [0.3, 0.4) is 0 Å². The Balaban J connectivity index is 1.55. The number of fused-ring (bicyclic) bond motifs is 1. The molecule has 0 unspecified atom stereocenters. The van der Waals surface area contributed by atoms with Crippen LogP contribution in [-0.2, 0) is 14.9 Å². The first kappa shape index (κ1) is 22.3. The first-order valence-electron chi connectivity index (χ1n) is 12.6. The Bertz CT molecular complexity index is 1020. The lowest BCUT2D eigenvalue weighted by molar-refractivity contribution is -0.150. The van der Waals surface area contributed by atoms with Gasteiger partial charge in [0.1, 0.15) is 6.61 Å². The second-order valence-electron chi connectivity index (χ2n) is 10.8. The zero-order chi connectivity index (χ0) is 23.8. The molecule has 8 nitrogen and oxygen atoms in total. The van der Waals surface area contributed by atoms with E-state index in [1.165, 1.54) is 12.5 Å². The van der Waals surface area contributed by atoms with Gasteiger partial charge in [0.15, 0.2) is 11.5 Å². The van der Waals surface area contributed by atoms with E-state index in [9.17, 15) is 9.90 Å². The molecule has 3 fully saturated rings. The molecule has 0 bridgehead atoms. The first-order chi connectivity index (χ1) is 16.4. The van der Waals surface area contributed by atoms with Gasteiger partial charge < -0.3 is 29.0 Å². The van der Waals surface area contributed by atoms with Gasteiger partial charge in [-0.1, -0.05) is 0 Å². The van der Waals surface area contributed by atoms with Crippen LogP contribution >= 0.6 is 0 Å². The summed E-state index contributed by atoms with van der Waals surface area (Å²) in [4.78, 5) is 16.7. The van der Waals surface area contributed by atoms with Crippen molar-refractivity contribution >= 4 is 11.7 Å². The number of ether oxygens (including phenoxy) is 4. The van der Waals surface area contributed by atoms with Gasteiger partial charge >= 0.3 is 5.97 Å². The van der Waals surface area contributed by atoms with E-state index in [0.29, 0.717) is 37.6 Å². The lowest BCUT2D eigenvalue weighted by atomic mass is 9.51. The molecule has 4 heterocycles. The molecule has 1 aromatic carbocycles. The van der Waals surface area contributed by atoms with Crippen molar-refractivity contribution in [3.63, 3.8) is 0 Å². The van der Waals surface area contributed by atoms with E-state index in [-0.39, 0.29) is 34.9 Å². The molecule has 1 N–H and O–H groups in total. The van der Waals surface area contributed by atoms with Gasteiger partial charge in [0.2, 0.25) is 5.75 Å². The van der Waals surface area contributed by atoms with Gasteiger partial charge in [0.25, 0.3) is 0 Å². The summed E-state index contributed by atoms with van der Waals surface area (Å²) in [6, 6.07) is 2.74. The largest absolute Gasteiger partial charge is 0.493 e. The molecule has 186 valence electrons. The van der Waals surface area contributed by atoms with E-state index in [0.717, 1.165) is 43.8 Å². The number of benzene rings is 1. The van der Waals surface area contributed by atoms with E-state index >= 15 is 0 Å². The van der Waals surface area contributed by atoms with Gasteiger partial charge in [-0.25, -0.2) is 0 Å². The Hall–Kier alpha value is -2.19. The van der Waals surface area contributed by atoms with Crippen molar-refractivity contribution in [1.82, 2.24) is 4.90 Å². The van der Waals surface area contributed by atoms with E-state index in [1.54, 1.807) is 14.2 Å². The number of aliphatic hydroxyl groups is 1. The predicted octanol–water partition coefficient (Wildman–Crippen LogP) is 2.48. The number of esters is 1. The zero-order valence-corrected chi connectivity index (χ0v) is 20.6. The van der Waals surface area contributed by atoms with Crippen molar-refractivity contribution in [2.24, 2.45) is 5.41 Å². The summed E-state index contributed by atoms with van der Waals surface area (Å²) in [7, 11) is 3.34. The molecule has 0 amide bonds. The van der Waals surface area contributed by atoms with E-state index < -0.39 is 6.10 Å². The molecule has 5 aliphatic rings. The number of carbonyl (C=O) groups is 1. The van der Waals surface area contributed by atoms with Crippen LogP contribution in [0.15, 0.2) is 6.07 Å². The lowest BCUT2D eigenvalue weighted by Gasteiger charge is -2.61. The molecule has 1 spiro atoms. The van der Waals surface area contributed by atoms with Gasteiger partial charge in [-0.3, -0.25) is 9.69 Å². The van der Waals surface area contributed by atoms with Crippen LogP contribution in [0.1, 0.15) is 51.5 Å². The summed E-state index contributed by atoms with van der Waals surface area (Å²) in [6.07, 6.45) is 3.98. The maximum atomic E-state index is 11.8. The van der Waals surface area contributed by atoms with E-state index in [2.05, 4.69) is 22.8 Å². The molecule has 4 aliphatic heterocycles. The fourth-order valence-corrected chi connectivity index (χ4v) is 8.44. The van der Waals surface area contributed by atoms with Crippen molar-refractivity contribution in [1.29, 1.82) is 0 Å². The number of carbonyl (C=O) groups excluding carboxylic acids is 1. The smallest absolute Gasteiger partial charge is 0.302 e. The second-order valence-corrected chi connectivity index (χ2v) is 10.8. The molecule has 1 aliphatic carbocycles. The number of hydrogen-bond donors (Lipinski definition) is 1. The molecule has 1 aromatic rings. The van der Waals surface area contributed by atoms with Crippen LogP contribution in [-0.4, -0.2) is 80.7 Å². The third-order valence-electron chi connectivity index (χ3n) is 9.51. The van der Waals surface area contributed by atoms with Crippen LogP contribution < -0.4 is 19.1 Å². The Morgan fingerprint density at radius 3 is 2.82 bits per heavy atom. The number of nitrogens with zero attached hydrogens (tertiary/aromatic N) is 2. The normalized spacial score (nSPS) is 37.4. The highest BCUT2D eigenvalue weighted by Gasteiger charge is 2.71. The average Bonchev–Trinajstić information content (AvgIpc) is 3.35. The molecular weight excluding hydrogens is 436 g/mol. The van der Waals surface area contributed by atoms with Gasteiger partial charge in [-0.2, -0.15) is 0 Å². The maximum absolute atomic E-state index is 11.8. The van der Waals surface area contributed by atoms with Gasteiger partial charge in [0, 0.05) is 29.8 Å². The highest BCUT2D eigenvalue weighted by atomic mass is 16.5. The molecular formula is C26H36N2O6. The zero-order valence-electron chi connectivity index (χ0n) is 20.6. The number of rotatable bonds is 5. The third-order valence-corrected chi connectivity index (χ3v) is 9.51. The van der Waals surface area contributed by atoms with E-state index in [4.69, 9.17) is 18.9 Å². The van der Waals surface area contributed by atoms with Crippen LogP contribution in [0.25, 0.3) is 0 Å². The van der Waals surface area contributed by atoms with Crippen molar-refractivity contribution < 1.29 is 28.8 Å². The maximum Gasteiger partial charge on any atom is 0.302 e. The molecule has 1 saturated carbocycles. The summed E-state index contributed by atoms with van der Waals surface area (Å²) in [6.45, 7) is 6.65. The second kappa shape index (κ2) is 7.65. The van der Waals surface area contributed by atoms with Crippen molar-refractivity contribution in [3.05, 3.63) is 11.6 Å². The Labute approximate surface area is 201 Å². The van der Waals surface area contributed by atoms with Gasteiger partial charge in [0.05, 0.1) is 38.7 Å². The van der Waals surface area contributed by atoms with Crippen molar-refractivity contribution in [2.45, 2.75) is 75.6 Å².